The van der Waals surface area contributed by atoms with E-state index in [0.717, 1.165) is 6.26 Å². The van der Waals surface area contributed by atoms with Crippen molar-refractivity contribution in [2.24, 2.45) is 0 Å². The summed E-state index contributed by atoms with van der Waals surface area (Å²) in [5, 5.41) is -0.555. The van der Waals surface area contributed by atoms with Crippen LogP contribution in [0.4, 0.5) is 0 Å². The van der Waals surface area contributed by atoms with Crippen LogP contribution in [-0.2, 0) is 9.84 Å². The Morgan fingerprint density at radius 1 is 1.44 bits per heavy atom. The van der Waals surface area contributed by atoms with E-state index in [2.05, 4.69) is 0 Å². The lowest BCUT2D eigenvalue weighted by atomic mass is 10.1. The summed E-state index contributed by atoms with van der Waals surface area (Å²) in [5.74, 6) is -0.396. The van der Waals surface area contributed by atoms with Crippen molar-refractivity contribution >= 4 is 27.2 Å². The topological polar surface area (TPSA) is 51.2 Å². The highest BCUT2D eigenvalue weighted by molar-refractivity contribution is 7.92. The van der Waals surface area contributed by atoms with Crippen LogP contribution in [0.5, 0.6) is 0 Å². The number of Topliss-reactive ketones (excluding diaryl/α,β-unsaturated/α-hetero) is 1. The van der Waals surface area contributed by atoms with Crippen LogP contribution in [0.1, 0.15) is 23.7 Å². The Morgan fingerprint density at radius 3 is 2.50 bits per heavy atom. The Balaban J connectivity index is 3.11. The molecule has 1 rings (SSSR count). The summed E-state index contributed by atoms with van der Waals surface area (Å²) >= 11 is 5.75. The van der Waals surface area contributed by atoms with E-state index < -0.39 is 20.9 Å². The summed E-state index contributed by atoms with van der Waals surface area (Å²) in [7, 11) is -3.37. The molecule has 0 saturated carbocycles. The van der Waals surface area contributed by atoms with Crippen LogP contribution in [0.3, 0.4) is 0 Å². The number of carbonyl (C=O) groups is 1. The van der Waals surface area contributed by atoms with Crippen LogP contribution in [0, 0.1) is 0 Å². The number of ketones is 1. The molecule has 5 heteroatoms. The second-order valence-corrected chi connectivity index (χ2v) is 6.27. The van der Waals surface area contributed by atoms with Crippen LogP contribution in [0.2, 0.25) is 5.02 Å². The molecule has 3 nitrogen and oxygen atoms in total. The maximum absolute atomic E-state index is 11.9. The minimum Gasteiger partial charge on any atom is -0.293 e. The van der Waals surface area contributed by atoms with Gasteiger partial charge in [0.2, 0.25) is 0 Å². The van der Waals surface area contributed by atoms with E-state index in [1.165, 1.54) is 6.07 Å². The number of sulfone groups is 1. The first-order valence-electron chi connectivity index (χ1n) is 4.85. The highest BCUT2D eigenvalue weighted by Crippen LogP contribution is 2.16. The number of rotatable bonds is 4. The van der Waals surface area contributed by atoms with E-state index >= 15 is 0 Å². The van der Waals surface area contributed by atoms with Gasteiger partial charge in [-0.15, -0.1) is 0 Å². The Morgan fingerprint density at radius 2 is 2.06 bits per heavy atom. The molecule has 1 atom stereocenters. The first-order chi connectivity index (χ1) is 7.36. The first kappa shape index (κ1) is 13.2. The zero-order valence-corrected chi connectivity index (χ0v) is 10.7. The fraction of sp³-hybridized carbons (Fsp3) is 0.364. The molecule has 0 N–H and O–H groups in total. The molecule has 0 radical (unpaired) electrons. The average molecular weight is 261 g/mol. The zero-order chi connectivity index (χ0) is 12.3. The minimum absolute atomic E-state index is 0.268. The summed E-state index contributed by atoms with van der Waals surface area (Å²) in [6.07, 6.45) is 1.34. The van der Waals surface area contributed by atoms with Crippen molar-refractivity contribution in [1.82, 2.24) is 0 Å². The van der Waals surface area contributed by atoms with E-state index in [1.54, 1.807) is 25.1 Å². The monoisotopic (exact) mass is 260 g/mol. The third-order valence-corrected chi connectivity index (χ3v) is 4.11. The standard InChI is InChI=1S/C11H13ClO3S/c1-3-10(16(2,14)15)11(13)8-5-4-6-9(12)7-8/h4-7,10H,3H2,1-2H3/t10-/m1/s1. The number of benzene rings is 1. The predicted molar refractivity (Wildman–Crippen MR) is 64.7 cm³/mol. The second kappa shape index (κ2) is 4.97. The molecule has 0 saturated heterocycles. The fourth-order valence-electron chi connectivity index (χ4n) is 1.51. The lowest BCUT2D eigenvalue weighted by Gasteiger charge is -2.11. The van der Waals surface area contributed by atoms with Gasteiger partial charge in [-0.05, 0) is 18.6 Å². The summed E-state index contributed by atoms with van der Waals surface area (Å²) in [5.41, 5.74) is 0.338. The van der Waals surface area contributed by atoms with Gasteiger partial charge in [0.1, 0.15) is 5.25 Å². The van der Waals surface area contributed by atoms with Gasteiger partial charge in [-0.3, -0.25) is 4.79 Å². The Hall–Kier alpha value is -0.870. The van der Waals surface area contributed by atoms with E-state index in [-0.39, 0.29) is 6.42 Å². The van der Waals surface area contributed by atoms with Gasteiger partial charge in [-0.2, -0.15) is 0 Å². The molecular weight excluding hydrogens is 248 g/mol. The first-order valence-corrected chi connectivity index (χ1v) is 7.18. The molecule has 0 heterocycles. The number of carbonyl (C=O) groups excluding carboxylic acids is 1. The van der Waals surface area contributed by atoms with Crippen molar-refractivity contribution in [2.75, 3.05) is 6.26 Å². The molecule has 0 aliphatic heterocycles. The van der Waals surface area contributed by atoms with E-state index in [1.807, 2.05) is 0 Å². The average Bonchev–Trinajstić information content (AvgIpc) is 2.16. The molecule has 88 valence electrons. The molecule has 0 amide bonds. The van der Waals surface area contributed by atoms with Gasteiger partial charge in [-0.1, -0.05) is 30.7 Å². The summed E-state index contributed by atoms with van der Waals surface area (Å²) in [6.45, 7) is 1.67. The van der Waals surface area contributed by atoms with Crippen LogP contribution < -0.4 is 0 Å². The molecule has 0 fully saturated rings. The molecule has 16 heavy (non-hydrogen) atoms. The van der Waals surface area contributed by atoms with Crippen molar-refractivity contribution < 1.29 is 13.2 Å². The van der Waals surface area contributed by atoms with Crippen molar-refractivity contribution in [3.8, 4) is 0 Å². The molecule has 0 aliphatic rings. The molecule has 0 aliphatic carbocycles. The van der Waals surface area contributed by atoms with Crippen molar-refractivity contribution in [1.29, 1.82) is 0 Å². The summed E-state index contributed by atoms with van der Waals surface area (Å²) in [6, 6.07) is 6.32. The maximum atomic E-state index is 11.9. The Bertz CT molecular complexity index is 494. The minimum atomic E-state index is -3.37. The van der Waals surface area contributed by atoms with Crippen LogP contribution in [0.25, 0.3) is 0 Å². The third kappa shape index (κ3) is 3.06. The van der Waals surface area contributed by atoms with Crippen molar-refractivity contribution in [2.45, 2.75) is 18.6 Å². The number of hydrogen-bond acceptors (Lipinski definition) is 3. The molecule has 1 aromatic carbocycles. The van der Waals surface area contributed by atoms with Crippen molar-refractivity contribution in [3.05, 3.63) is 34.9 Å². The lowest BCUT2D eigenvalue weighted by Crippen LogP contribution is -2.28. The van der Waals surface area contributed by atoms with Gasteiger partial charge >= 0.3 is 0 Å². The van der Waals surface area contributed by atoms with Gasteiger partial charge in [-0.25, -0.2) is 8.42 Å². The number of hydrogen-bond donors (Lipinski definition) is 0. The van der Waals surface area contributed by atoms with Crippen LogP contribution in [0.15, 0.2) is 24.3 Å². The second-order valence-electron chi connectivity index (χ2n) is 3.60. The third-order valence-electron chi connectivity index (χ3n) is 2.29. The van der Waals surface area contributed by atoms with Gasteiger partial charge in [0.05, 0.1) is 0 Å². The molecule has 0 unspecified atom stereocenters. The van der Waals surface area contributed by atoms with Gasteiger partial charge < -0.3 is 0 Å². The Kier molecular flexibility index (Phi) is 4.10. The van der Waals surface area contributed by atoms with Crippen LogP contribution in [-0.4, -0.2) is 25.7 Å². The van der Waals surface area contributed by atoms with Gasteiger partial charge in [0.25, 0.3) is 0 Å². The molecule has 0 aromatic heterocycles. The normalized spacial score (nSPS) is 13.4. The molecule has 0 bridgehead atoms. The maximum Gasteiger partial charge on any atom is 0.180 e. The quantitative estimate of drug-likeness (QED) is 0.781. The van der Waals surface area contributed by atoms with E-state index in [4.69, 9.17) is 11.6 Å². The van der Waals surface area contributed by atoms with Gasteiger partial charge in [0.15, 0.2) is 15.6 Å². The largest absolute Gasteiger partial charge is 0.293 e. The molecule has 0 spiro atoms. The van der Waals surface area contributed by atoms with E-state index in [0.29, 0.717) is 10.6 Å². The predicted octanol–water partition coefficient (Wildman–Crippen LogP) is 2.35. The van der Waals surface area contributed by atoms with Crippen molar-refractivity contribution in [3.63, 3.8) is 0 Å². The summed E-state index contributed by atoms with van der Waals surface area (Å²) in [4.78, 5) is 11.9. The fourth-order valence-corrected chi connectivity index (χ4v) is 2.83. The summed E-state index contributed by atoms with van der Waals surface area (Å²) < 4.78 is 22.8. The molecule has 1 aromatic rings. The highest BCUT2D eigenvalue weighted by atomic mass is 35.5. The van der Waals surface area contributed by atoms with E-state index in [9.17, 15) is 13.2 Å². The Labute approximate surface area is 100 Å². The molecular formula is C11H13ClO3S. The smallest absolute Gasteiger partial charge is 0.180 e. The highest BCUT2D eigenvalue weighted by Gasteiger charge is 2.27. The lowest BCUT2D eigenvalue weighted by molar-refractivity contribution is 0.0985. The number of halogens is 1. The van der Waals surface area contributed by atoms with Gasteiger partial charge in [0, 0.05) is 16.8 Å². The van der Waals surface area contributed by atoms with Crippen LogP contribution >= 0.6 is 11.6 Å². The SMILES string of the molecule is CC[C@H](C(=O)c1cccc(Cl)c1)S(C)(=O)=O. The zero-order valence-electron chi connectivity index (χ0n) is 9.10.